The second-order valence-corrected chi connectivity index (χ2v) is 11.6. The fraction of sp³-hybridized carbons (Fsp3) is 0.875. The highest BCUT2D eigenvalue weighted by Gasteiger charge is 2.76. The first kappa shape index (κ1) is 25.7. The monoisotopic (exact) mass is 496 g/mol. The van der Waals surface area contributed by atoms with Gasteiger partial charge in [0.2, 0.25) is 17.7 Å². The molecule has 0 aliphatic carbocycles. The van der Waals surface area contributed by atoms with Crippen LogP contribution in [0.4, 0.5) is 0 Å². The van der Waals surface area contributed by atoms with Crippen LogP contribution in [0.5, 0.6) is 0 Å². The lowest BCUT2D eigenvalue weighted by atomic mass is 9.66. The Morgan fingerprint density at radius 2 is 1.91 bits per heavy atom. The molecule has 4 aliphatic heterocycles. The lowest BCUT2D eigenvalue weighted by Gasteiger charge is -2.40. The fourth-order valence-corrected chi connectivity index (χ4v) is 8.90. The van der Waals surface area contributed by atoms with E-state index in [4.69, 9.17) is 4.74 Å². The molecule has 7 atom stereocenters. The lowest BCUT2D eigenvalue weighted by molar-refractivity contribution is -0.142. The number of likely N-dealkylation sites (tertiary alicyclic amines) is 1. The van der Waals surface area contributed by atoms with Gasteiger partial charge < -0.3 is 25.4 Å². The largest absolute Gasteiger partial charge is 0.394 e. The Hall–Kier alpha value is -1.36. The number of rotatable bonds is 10. The molecule has 4 fully saturated rings. The average molecular weight is 497 g/mol. The van der Waals surface area contributed by atoms with Crippen molar-refractivity contribution in [1.82, 2.24) is 20.4 Å². The van der Waals surface area contributed by atoms with Crippen LogP contribution in [-0.2, 0) is 19.1 Å². The van der Waals surface area contributed by atoms with E-state index in [1.54, 1.807) is 16.7 Å². The summed E-state index contributed by atoms with van der Waals surface area (Å²) >= 11 is 1.68. The third-order valence-electron chi connectivity index (χ3n) is 8.19. The van der Waals surface area contributed by atoms with Crippen LogP contribution in [-0.4, -0.2) is 107 Å². The number of amides is 3. The first-order chi connectivity index (χ1) is 16.4. The number of nitrogens with zero attached hydrogens (tertiary/aromatic N) is 2. The molecule has 4 saturated heterocycles. The molecular weight excluding hydrogens is 456 g/mol. The number of fused-ring (bicyclic) bond motifs is 1. The molecule has 3 unspecified atom stereocenters. The van der Waals surface area contributed by atoms with Gasteiger partial charge in [-0.2, -0.15) is 0 Å². The van der Waals surface area contributed by atoms with Gasteiger partial charge in [0.15, 0.2) is 0 Å². The molecule has 10 heteroatoms. The quantitative estimate of drug-likeness (QED) is 0.393. The Balaban J connectivity index is 1.59. The van der Waals surface area contributed by atoms with Crippen molar-refractivity contribution < 1.29 is 24.2 Å². The Bertz CT molecular complexity index is 774. The third kappa shape index (κ3) is 4.24. The van der Waals surface area contributed by atoms with E-state index in [0.29, 0.717) is 32.7 Å². The second-order valence-electron chi connectivity index (χ2n) is 10.1. The highest BCUT2D eigenvalue weighted by molar-refractivity contribution is 8.02. The maximum Gasteiger partial charge on any atom is 0.244 e. The van der Waals surface area contributed by atoms with E-state index < -0.39 is 28.7 Å². The average Bonchev–Trinajstić information content (AvgIpc) is 3.43. The third-order valence-corrected chi connectivity index (χ3v) is 10.3. The molecule has 0 aromatic carbocycles. The van der Waals surface area contributed by atoms with Crippen molar-refractivity contribution in [3.8, 4) is 0 Å². The topological polar surface area (TPSA) is 111 Å². The summed E-state index contributed by atoms with van der Waals surface area (Å²) in [7, 11) is 0. The summed E-state index contributed by atoms with van der Waals surface area (Å²) in [6.45, 7) is 10.8. The van der Waals surface area contributed by atoms with Gasteiger partial charge in [0.25, 0.3) is 0 Å². The van der Waals surface area contributed by atoms with Crippen LogP contribution in [0.25, 0.3) is 0 Å². The van der Waals surface area contributed by atoms with Gasteiger partial charge in [0, 0.05) is 38.0 Å². The fourth-order valence-electron chi connectivity index (χ4n) is 6.49. The Kier molecular flexibility index (Phi) is 8.11. The van der Waals surface area contributed by atoms with E-state index in [1.807, 2.05) is 13.8 Å². The van der Waals surface area contributed by atoms with Crippen molar-refractivity contribution in [3.63, 3.8) is 0 Å². The van der Waals surface area contributed by atoms with Crippen molar-refractivity contribution in [2.75, 3.05) is 52.5 Å². The minimum absolute atomic E-state index is 0.0424. The van der Waals surface area contributed by atoms with E-state index in [2.05, 4.69) is 22.5 Å². The minimum atomic E-state index is -0.680. The number of aliphatic hydroxyl groups is 1. The molecule has 0 saturated carbocycles. The molecule has 0 aromatic rings. The molecule has 3 amide bonds. The number of aliphatic hydroxyl groups excluding tert-OH is 1. The van der Waals surface area contributed by atoms with Gasteiger partial charge in [-0.1, -0.05) is 20.8 Å². The number of hydrogen-bond acceptors (Lipinski definition) is 7. The van der Waals surface area contributed by atoms with Gasteiger partial charge in [0.1, 0.15) is 6.04 Å². The van der Waals surface area contributed by atoms with Crippen molar-refractivity contribution >= 4 is 29.5 Å². The molecule has 4 aliphatic rings. The predicted octanol–water partition coefficient (Wildman–Crippen LogP) is 0.0691. The first-order valence-corrected chi connectivity index (χ1v) is 13.7. The van der Waals surface area contributed by atoms with Gasteiger partial charge in [-0.15, -0.1) is 11.8 Å². The Morgan fingerprint density at radius 3 is 2.56 bits per heavy atom. The predicted molar refractivity (Wildman–Crippen MR) is 130 cm³/mol. The zero-order valence-corrected chi connectivity index (χ0v) is 21.4. The smallest absolute Gasteiger partial charge is 0.244 e. The normalized spacial score (nSPS) is 35.9. The summed E-state index contributed by atoms with van der Waals surface area (Å²) < 4.78 is 4.76. The number of morpholine rings is 1. The molecule has 9 nitrogen and oxygen atoms in total. The van der Waals surface area contributed by atoms with Crippen LogP contribution >= 0.6 is 11.8 Å². The number of hydrogen-bond donors (Lipinski definition) is 3. The van der Waals surface area contributed by atoms with E-state index in [0.717, 1.165) is 32.5 Å². The summed E-state index contributed by atoms with van der Waals surface area (Å²) in [5, 5.41) is 16.3. The molecule has 4 heterocycles. The molecule has 0 aromatic heterocycles. The minimum Gasteiger partial charge on any atom is -0.394 e. The first-order valence-electron chi connectivity index (χ1n) is 12.9. The summed E-state index contributed by atoms with van der Waals surface area (Å²) in [4.78, 5) is 44.7. The van der Waals surface area contributed by atoms with Crippen molar-refractivity contribution in [2.45, 2.75) is 62.1 Å². The highest BCUT2D eigenvalue weighted by Crippen LogP contribution is 2.68. The van der Waals surface area contributed by atoms with Crippen LogP contribution in [0, 0.1) is 17.8 Å². The van der Waals surface area contributed by atoms with E-state index >= 15 is 0 Å². The van der Waals surface area contributed by atoms with Crippen LogP contribution in [0.1, 0.15) is 40.0 Å². The molecule has 34 heavy (non-hydrogen) atoms. The molecule has 1 spiro atoms. The van der Waals surface area contributed by atoms with Gasteiger partial charge >= 0.3 is 0 Å². The van der Waals surface area contributed by atoms with Crippen LogP contribution in [0.15, 0.2) is 0 Å². The van der Waals surface area contributed by atoms with Gasteiger partial charge in [0.05, 0.1) is 42.4 Å². The van der Waals surface area contributed by atoms with Crippen LogP contribution in [0.2, 0.25) is 0 Å². The number of thioether (sulfide) groups is 1. The molecule has 3 N–H and O–H groups in total. The summed E-state index contributed by atoms with van der Waals surface area (Å²) in [6, 6.07) is -1.12. The van der Waals surface area contributed by atoms with Crippen molar-refractivity contribution in [2.24, 2.45) is 17.8 Å². The molecule has 192 valence electrons. The van der Waals surface area contributed by atoms with Gasteiger partial charge in [-0.3, -0.25) is 19.3 Å². The van der Waals surface area contributed by atoms with Crippen LogP contribution < -0.4 is 10.6 Å². The maximum atomic E-state index is 13.9. The zero-order valence-electron chi connectivity index (χ0n) is 20.6. The standard InChI is InChI=1S/C24H40N4O5S/c1-4-6-25-21(30)18-17-13-15(3)24(34-17)19(18)23(32)28(16(5-2)14-29)20(24)22(31)26-7-8-27-9-11-33-12-10-27/h15-20,29H,4-14H2,1-3H3,(H,25,30)(H,26,31)/t15?,16-,17+,18-,19-,20?,24?/m0/s1. The number of carbonyl (C=O) groups excluding carboxylic acids is 3. The Morgan fingerprint density at radius 1 is 1.21 bits per heavy atom. The number of ether oxygens (including phenoxy) is 1. The number of carbonyl (C=O) groups is 3. The van der Waals surface area contributed by atoms with E-state index in [1.165, 1.54) is 0 Å². The lowest BCUT2D eigenvalue weighted by Crippen LogP contribution is -2.59. The van der Waals surface area contributed by atoms with Gasteiger partial charge in [-0.05, 0) is 25.2 Å². The van der Waals surface area contributed by atoms with Crippen LogP contribution in [0.3, 0.4) is 0 Å². The summed E-state index contributed by atoms with van der Waals surface area (Å²) in [5.74, 6) is -1.21. The van der Waals surface area contributed by atoms with Gasteiger partial charge in [-0.25, -0.2) is 0 Å². The maximum absolute atomic E-state index is 13.9. The summed E-state index contributed by atoms with van der Waals surface area (Å²) in [5.41, 5.74) is 0. The number of nitrogens with one attached hydrogen (secondary N) is 2. The molecule has 4 rings (SSSR count). The van der Waals surface area contributed by atoms with Crippen molar-refractivity contribution in [1.29, 1.82) is 0 Å². The molecular formula is C24H40N4O5S. The zero-order chi connectivity index (χ0) is 24.5. The molecule has 0 radical (unpaired) electrons. The molecule has 2 bridgehead atoms. The SMILES string of the molecule is CCCNC(=O)[C@@H]1[C@H]2C(=O)N([C@@H](CC)CO)C(C(=O)NCCN3CCOCC3)C23S[C@@H]1CC3C. The second kappa shape index (κ2) is 10.7. The summed E-state index contributed by atoms with van der Waals surface area (Å²) in [6.07, 6.45) is 2.21. The van der Waals surface area contributed by atoms with E-state index in [9.17, 15) is 19.5 Å². The Labute approximate surface area is 206 Å². The highest BCUT2D eigenvalue weighted by atomic mass is 32.2. The van der Waals surface area contributed by atoms with Crippen molar-refractivity contribution in [3.05, 3.63) is 0 Å². The van der Waals surface area contributed by atoms with E-state index in [-0.39, 0.29) is 35.5 Å².